The monoisotopic (exact) mass is 367 g/mol. The van der Waals surface area contributed by atoms with Crippen molar-refractivity contribution in [3.8, 4) is 0 Å². The number of rotatable bonds is 7. The molecule has 9 nitrogen and oxygen atoms in total. The number of nitrogens with zero attached hydrogens (tertiary/aromatic N) is 6. The van der Waals surface area contributed by atoms with E-state index in [0.29, 0.717) is 35.3 Å². The van der Waals surface area contributed by atoms with Gasteiger partial charge in [-0.1, -0.05) is 13.8 Å². The van der Waals surface area contributed by atoms with Crippen molar-refractivity contribution in [2.45, 2.75) is 24.6 Å². The van der Waals surface area contributed by atoms with Crippen LogP contribution in [0, 0.1) is 0 Å². The number of nitrogens with one attached hydrogen (secondary N) is 1. The molecule has 0 saturated carbocycles. The van der Waals surface area contributed by atoms with Crippen molar-refractivity contribution in [3.63, 3.8) is 0 Å². The molecule has 0 aliphatic carbocycles. The normalized spacial score (nSPS) is 12.1. The first-order valence-electron chi connectivity index (χ1n) is 7.42. The summed E-state index contributed by atoms with van der Waals surface area (Å²) in [5, 5.41) is 18.4. The second-order valence-corrected chi connectivity index (χ2v) is 8.24. The third-order valence-electron chi connectivity index (χ3n) is 3.45. The Labute approximate surface area is 143 Å². The van der Waals surface area contributed by atoms with Crippen molar-refractivity contribution in [2.24, 2.45) is 0 Å². The molecule has 0 saturated heterocycles. The maximum Gasteiger partial charge on any atom is 0.252 e. The standard InChI is InChI=1S/C13H17N7O2S2/c1-3-19(4-2)24(21,22)13-8-5-10(23-13)9-14-11-6-7-12-15-17-18-20(12)16-11/h5-8H,3-4,9H2,1-2H3,(H,14,16). The van der Waals surface area contributed by atoms with Gasteiger partial charge < -0.3 is 5.32 Å². The molecule has 0 aromatic carbocycles. The van der Waals surface area contributed by atoms with Crippen LogP contribution in [-0.2, 0) is 16.6 Å². The van der Waals surface area contributed by atoms with E-state index in [1.54, 1.807) is 18.2 Å². The number of tetrazole rings is 1. The predicted octanol–water partition coefficient (Wildman–Crippen LogP) is 1.22. The van der Waals surface area contributed by atoms with E-state index in [1.165, 1.54) is 20.3 Å². The van der Waals surface area contributed by atoms with Crippen LogP contribution in [0.5, 0.6) is 0 Å². The van der Waals surface area contributed by atoms with Crippen LogP contribution < -0.4 is 5.32 Å². The van der Waals surface area contributed by atoms with Crippen molar-refractivity contribution in [1.82, 2.24) is 29.6 Å². The van der Waals surface area contributed by atoms with Crippen LogP contribution in [0.1, 0.15) is 18.7 Å². The molecule has 0 amide bonds. The lowest BCUT2D eigenvalue weighted by atomic mass is 10.4. The lowest BCUT2D eigenvalue weighted by Gasteiger charge is -2.16. The average molecular weight is 367 g/mol. The van der Waals surface area contributed by atoms with E-state index in [9.17, 15) is 8.42 Å². The van der Waals surface area contributed by atoms with Crippen molar-refractivity contribution in [1.29, 1.82) is 0 Å². The molecule has 0 bridgehead atoms. The zero-order chi connectivity index (χ0) is 17.2. The first-order chi connectivity index (χ1) is 11.5. The Bertz CT molecular complexity index is 931. The molecule has 1 N–H and O–H groups in total. The first-order valence-corrected chi connectivity index (χ1v) is 9.68. The number of fused-ring (bicyclic) bond motifs is 1. The van der Waals surface area contributed by atoms with Crippen LogP contribution >= 0.6 is 11.3 Å². The molecule has 11 heteroatoms. The van der Waals surface area contributed by atoms with Gasteiger partial charge in [-0.2, -0.15) is 4.31 Å². The summed E-state index contributed by atoms with van der Waals surface area (Å²) in [5.41, 5.74) is 0.560. The molecule has 0 spiro atoms. The zero-order valence-electron chi connectivity index (χ0n) is 13.2. The van der Waals surface area contributed by atoms with Gasteiger partial charge in [0, 0.05) is 18.0 Å². The number of hydrogen-bond acceptors (Lipinski definition) is 8. The second-order valence-electron chi connectivity index (χ2n) is 4.91. The lowest BCUT2D eigenvalue weighted by molar-refractivity contribution is 0.447. The molecule has 3 rings (SSSR count). The third kappa shape index (κ3) is 3.23. The Kier molecular flexibility index (Phi) is 4.73. The molecule has 3 aromatic heterocycles. The molecule has 0 radical (unpaired) electrons. The van der Waals surface area contributed by atoms with Crippen molar-refractivity contribution < 1.29 is 8.42 Å². The molecule has 0 fully saturated rings. The zero-order valence-corrected chi connectivity index (χ0v) is 14.9. The number of anilines is 1. The topological polar surface area (TPSA) is 105 Å². The van der Waals surface area contributed by atoms with Gasteiger partial charge in [-0.25, -0.2) is 8.42 Å². The number of thiophene rings is 1. The van der Waals surface area contributed by atoms with Crippen LogP contribution in [-0.4, -0.2) is 51.1 Å². The van der Waals surface area contributed by atoms with Gasteiger partial charge in [0.1, 0.15) is 10.0 Å². The van der Waals surface area contributed by atoms with Crippen LogP contribution in [0.3, 0.4) is 0 Å². The van der Waals surface area contributed by atoms with E-state index >= 15 is 0 Å². The minimum Gasteiger partial charge on any atom is -0.364 e. The van der Waals surface area contributed by atoms with Gasteiger partial charge in [-0.05, 0) is 34.7 Å². The summed E-state index contributed by atoms with van der Waals surface area (Å²) in [6, 6.07) is 6.98. The van der Waals surface area contributed by atoms with Gasteiger partial charge in [-0.3, -0.25) is 0 Å². The molecular formula is C13H17N7O2S2. The number of hydrogen-bond donors (Lipinski definition) is 1. The molecule has 24 heavy (non-hydrogen) atoms. The predicted molar refractivity (Wildman–Crippen MR) is 90.3 cm³/mol. The van der Waals surface area contributed by atoms with Crippen molar-refractivity contribution in [2.75, 3.05) is 18.4 Å². The van der Waals surface area contributed by atoms with Gasteiger partial charge >= 0.3 is 0 Å². The van der Waals surface area contributed by atoms with E-state index in [2.05, 4.69) is 25.9 Å². The Morgan fingerprint density at radius 1 is 1.21 bits per heavy atom. The Balaban J connectivity index is 1.72. The fourth-order valence-corrected chi connectivity index (χ4v) is 5.11. The molecule has 128 valence electrons. The minimum absolute atomic E-state index is 0.354. The Morgan fingerprint density at radius 3 is 2.75 bits per heavy atom. The quantitative estimate of drug-likeness (QED) is 0.669. The summed E-state index contributed by atoms with van der Waals surface area (Å²) in [5.74, 6) is 0.608. The van der Waals surface area contributed by atoms with Crippen molar-refractivity contribution in [3.05, 3.63) is 29.1 Å². The Hall–Kier alpha value is -2.11. The van der Waals surface area contributed by atoms with E-state index in [4.69, 9.17) is 0 Å². The lowest BCUT2D eigenvalue weighted by Crippen LogP contribution is -2.29. The molecule has 0 atom stereocenters. The van der Waals surface area contributed by atoms with Gasteiger partial charge in [0.05, 0.1) is 6.54 Å². The summed E-state index contributed by atoms with van der Waals surface area (Å²) in [6.45, 7) is 5.05. The van der Waals surface area contributed by atoms with Gasteiger partial charge in [0.25, 0.3) is 10.0 Å². The van der Waals surface area contributed by atoms with Crippen molar-refractivity contribution >= 4 is 32.8 Å². The fraction of sp³-hybridized carbons (Fsp3) is 0.385. The summed E-state index contributed by atoms with van der Waals surface area (Å²) in [6.07, 6.45) is 0. The van der Waals surface area contributed by atoms with E-state index < -0.39 is 10.0 Å². The smallest absolute Gasteiger partial charge is 0.252 e. The molecule has 0 aliphatic heterocycles. The third-order valence-corrected chi connectivity index (χ3v) is 7.05. The van der Waals surface area contributed by atoms with Crippen LogP contribution in [0.4, 0.5) is 5.82 Å². The highest BCUT2D eigenvalue weighted by atomic mass is 32.2. The van der Waals surface area contributed by atoms with E-state index in [-0.39, 0.29) is 0 Å². The molecule has 0 aliphatic rings. The summed E-state index contributed by atoms with van der Waals surface area (Å²) in [4.78, 5) is 0.902. The molecular weight excluding hydrogens is 350 g/mol. The van der Waals surface area contributed by atoms with Gasteiger partial charge in [0.2, 0.25) is 0 Å². The average Bonchev–Trinajstić information content (AvgIpc) is 3.22. The van der Waals surface area contributed by atoms with E-state index in [0.717, 1.165) is 4.88 Å². The second kappa shape index (κ2) is 6.79. The highest BCUT2D eigenvalue weighted by Crippen LogP contribution is 2.25. The largest absolute Gasteiger partial charge is 0.364 e. The fourth-order valence-electron chi connectivity index (χ4n) is 2.20. The number of sulfonamides is 1. The molecule has 0 unspecified atom stereocenters. The number of aromatic nitrogens is 5. The SMILES string of the molecule is CCN(CC)S(=O)(=O)c1ccc(CNc2ccc3nnnn3n2)s1. The summed E-state index contributed by atoms with van der Waals surface area (Å²) in [7, 11) is -3.41. The maximum absolute atomic E-state index is 12.5. The first kappa shape index (κ1) is 16.7. The van der Waals surface area contributed by atoms with Gasteiger partial charge in [-0.15, -0.1) is 26.2 Å². The molecule has 3 aromatic rings. The summed E-state index contributed by atoms with van der Waals surface area (Å²) < 4.78 is 28.1. The Morgan fingerprint density at radius 2 is 2.00 bits per heavy atom. The highest BCUT2D eigenvalue weighted by molar-refractivity contribution is 7.91. The maximum atomic E-state index is 12.5. The van der Waals surface area contributed by atoms with Crippen LogP contribution in [0.2, 0.25) is 0 Å². The highest BCUT2D eigenvalue weighted by Gasteiger charge is 2.23. The molecule has 3 heterocycles. The summed E-state index contributed by atoms with van der Waals surface area (Å²) >= 11 is 1.26. The van der Waals surface area contributed by atoms with E-state index in [1.807, 2.05) is 19.9 Å². The van der Waals surface area contributed by atoms with Crippen LogP contribution in [0.15, 0.2) is 28.5 Å². The minimum atomic E-state index is -3.41. The van der Waals surface area contributed by atoms with Crippen LogP contribution in [0.25, 0.3) is 5.65 Å². The van der Waals surface area contributed by atoms with Gasteiger partial charge in [0.15, 0.2) is 5.65 Å².